The predicted octanol–water partition coefficient (Wildman–Crippen LogP) is -0.605. The van der Waals surface area contributed by atoms with Crippen LogP contribution in [0, 0.1) is 11.8 Å². The number of hydrogen-bond acceptors (Lipinski definition) is 11. The fraction of sp³-hybridized carbons (Fsp3) is 1.00. The molecule has 0 aromatic carbocycles. The first-order chi connectivity index (χ1) is 10.9. The summed E-state index contributed by atoms with van der Waals surface area (Å²) in [6, 6.07) is 0. The van der Waals surface area contributed by atoms with Gasteiger partial charge in [-0.1, -0.05) is 13.3 Å². The normalized spacial score (nSPS) is 33.6. The number of phosphoric ester groups is 1. The molecule has 1 saturated heterocycles. The average molecular weight is 406 g/mol. The van der Waals surface area contributed by atoms with E-state index in [0.29, 0.717) is 5.92 Å². The van der Waals surface area contributed by atoms with Crippen LogP contribution in [0.25, 0.3) is 0 Å². The highest BCUT2D eigenvalue weighted by Gasteiger charge is 2.39. The van der Waals surface area contributed by atoms with Gasteiger partial charge in [-0.15, -0.1) is 0 Å². The third-order valence-corrected chi connectivity index (χ3v) is 7.73. The molecule has 0 radical (unpaired) electrons. The maximum absolute atomic E-state index is 11.5. The molecule has 1 heterocycles. The second-order valence-electron chi connectivity index (χ2n) is 5.92. The lowest BCUT2D eigenvalue weighted by Crippen LogP contribution is -2.28. The number of hydrogen-bond donors (Lipinski definition) is 0. The van der Waals surface area contributed by atoms with E-state index in [2.05, 4.69) is 13.1 Å². The van der Waals surface area contributed by atoms with Gasteiger partial charge in [0.2, 0.25) is 0 Å². The Balaban J connectivity index is 1.84. The summed E-state index contributed by atoms with van der Waals surface area (Å²) in [5.74, 6) is 0.431. The van der Waals surface area contributed by atoms with Crippen molar-refractivity contribution in [3.8, 4) is 0 Å². The van der Waals surface area contributed by atoms with Crippen molar-refractivity contribution in [1.29, 1.82) is 0 Å². The van der Waals surface area contributed by atoms with E-state index < -0.39 is 36.2 Å². The van der Waals surface area contributed by atoms with Crippen molar-refractivity contribution >= 4 is 23.5 Å². The Morgan fingerprint density at radius 1 is 1.04 bits per heavy atom. The summed E-state index contributed by atoms with van der Waals surface area (Å²) < 4.78 is 49.5. The highest BCUT2D eigenvalue weighted by atomic mass is 31.3. The Bertz CT molecular complexity index is 585. The van der Waals surface area contributed by atoms with Gasteiger partial charge in [0.25, 0.3) is 15.6 Å². The standard InChI is InChI=1S/C10H21O11P3/c1-7-5-9(8-3-2-4-8)19-10(7)6-18-23(14,15)21-24(16,17)20-22(11,12)13/h7-10H,2-6H2,1H3,(H,14,15)(H,16,17)(H2,11,12,13)/p-4/t7?,9-,10-/m1/s1. The van der Waals surface area contributed by atoms with Crippen molar-refractivity contribution < 1.29 is 51.2 Å². The Hall–Kier alpha value is 0.370. The van der Waals surface area contributed by atoms with Crippen LogP contribution in [0.4, 0.5) is 0 Å². The molecule has 5 atom stereocenters. The average Bonchev–Trinajstić information content (AvgIpc) is 2.60. The summed E-state index contributed by atoms with van der Waals surface area (Å²) >= 11 is 0. The second-order valence-corrected chi connectivity index (χ2v) is 10.2. The molecule has 14 heteroatoms. The van der Waals surface area contributed by atoms with Gasteiger partial charge < -0.3 is 33.4 Å². The smallest absolute Gasteiger partial charge is 0.278 e. The molecule has 0 aromatic rings. The lowest BCUT2D eigenvalue weighted by Gasteiger charge is -2.37. The van der Waals surface area contributed by atoms with Crippen LogP contribution in [0.3, 0.4) is 0 Å². The molecule has 0 bridgehead atoms. The minimum Gasteiger partial charge on any atom is -0.790 e. The highest BCUT2D eigenvalue weighted by Crippen LogP contribution is 2.60. The van der Waals surface area contributed by atoms with Crippen molar-refractivity contribution in [2.24, 2.45) is 11.8 Å². The van der Waals surface area contributed by atoms with Crippen LogP contribution in [-0.2, 0) is 31.6 Å². The summed E-state index contributed by atoms with van der Waals surface area (Å²) in [6.07, 6.45) is 3.41. The summed E-state index contributed by atoms with van der Waals surface area (Å²) in [6.45, 7) is 1.35. The summed E-state index contributed by atoms with van der Waals surface area (Å²) in [7, 11) is -17.3. The van der Waals surface area contributed by atoms with Crippen LogP contribution >= 0.6 is 23.5 Å². The number of rotatable bonds is 8. The molecule has 11 nitrogen and oxygen atoms in total. The van der Waals surface area contributed by atoms with Gasteiger partial charge in [-0.25, -0.2) is 4.31 Å². The van der Waals surface area contributed by atoms with E-state index in [1.165, 1.54) is 0 Å². The molecule has 3 unspecified atom stereocenters. The molecule has 0 spiro atoms. The van der Waals surface area contributed by atoms with E-state index >= 15 is 0 Å². The van der Waals surface area contributed by atoms with Gasteiger partial charge in [-0.3, -0.25) is 13.4 Å². The van der Waals surface area contributed by atoms with Crippen LogP contribution in [0.2, 0.25) is 0 Å². The zero-order valence-corrected chi connectivity index (χ0v) is 15.4. The molecule has 1 aliphatic heterocycles. The van der Waals surface area contributed by atoms with Crippen molar-refractivity contribution in [3.05, 3.63) is 0 Å². The first-order valence-corrected chi connectivity index (χ1v) is 11.6. The second kappa shape index (κ2) is 7.55. The lowest BCUT2D eigenvalue weighted by atomic mass is 9.79. The maximum Gasteiger partial charge on any atom is 0.278 e. The fourth-order valence-electron chi connectivity index (χ4n) is 2.70. The van der Waals surface area contributed by atoms with E-state index in [0.717, 1.165) is 25.7 Å². The van der Waals surface area contributed by atoms with Crippen LogP contribution in [0.1, 0.15) is 32.6 Å². The molecule has 2 aliphatic rings. The highest BCUT2D eigenvalue weighted by molar-refractivity contribution is 7.64. The van der Waals surface area contributed by atoms with Gasteiger partial charge in [0.1, 0.15) is 0 Å². The predicted molar refractivity (Wildman–Crippen MR) is 70.7 cm³/mol. The Morgan fingerprint density at radius 3 is 2.17 bits per heavy atom. The summed E-state index contributed by atoms with van der Waals surface area (Å²) in [5, 5.41) is 0. The molecular formula is C10H17O11P3-4. The van der Waals surface area contributed by atoms with Gasteiger partial charge in [0.15, 0.2) is 0 Å². The van der Waals surface area contributed by atoms with Gasteiger partial charge >= 0.3 is 0 Å². The SMILES string of the molecule is CC1C[C@H](C2CCC2)O[C@@H]1COP(=O)([O-])OP(=O)([O-])OP(=O)([O-])[O-]. The molecule has 1 aliphatic carbocycles. The zero-order valence-electron chi connectivity index (χ0n) is 12.7. The van der Waals surface area contributed by atoms with E-state index in [4.69, 9.17) is 4.74 Å². The quantitative estimate of drug-likeness (QED) is 0.469. The Morgan fingerprint density at radius 2 is 1.67 bits per heavy atom. The van der Waals surface area contributed by atoms with Gasteiger partial charge in [0, 0.05) is 0 Å². The van der Waals surface area contributed by atoms with Crippen LogP contribution in [0.15, 0.2) is 0 Å². The minimum absolute atomic E-state index is 0.00518. The first-order valence-electron chi connectivity index (χ1n) is 7.24. The largest absolute Gasteiger partial charge is 0.790 e. The topological polar surface area (TPSA) is 180 Å². The molecule has 2 rings (SSSR count). The summed E-state index contributed by atoms with van der Waals surface area (Å²) in [5.41, 5.74) is 0. The molecular weight excluding hydrogens is 389 g/mol. The van der Waals surface area contributed by atoms with Gasteiger partial charge in [-0.05, 0) is 31.1 Å². The third-order valence-electron chi connectivity index (χ3n) is 4.06. The van der Waals surface area contributed by atoms with Crippen molar-refractivity contribution in [2.45, 2.75) is 44.8 Å². The molecule has 24 heavy (non-hydrogen) atoms. The van der Waals surface area contributed by atoms with Crippen LogP contribution in [-0.4, -0.2) is 18.8 Å². The van der Waals surface area contributed by atoms with Crippen molar-refractivity contribution in [2.75, 3.05) is 6.61 Å². The maximum atomic E-state index is 11.5. The van der Waals surface area contributed by atoms with Gasteiger partial charge in [-0.2, -0.15) is 0 Å². The lowest BCUT2D eigenvalue weighted by molar-refractivity contribution is -0.339. The minimum atomic E-state index is -5.98. The van der Waals surface area contributed by atoms with Crippen molar-refractivity contribution in [1.82, 2.24) is 0 Å². The first kappa shape index (κ1) is 20.7. The van der Waals surface area contributed by atoms with Gasteiger partial charge in [0.05, 0.1) is 26.6 Å². The monoisotopic (exact) mass is 406 g/mol. The zero-order chi connectivity index (χ0) is 18.2. The van der Waals surface area contributed by atoms with Crippen LogP contribution < -0.4 is 19.6 Å². The van der Waals surface area contributed by atoms with E-state index in [-0.39, 0.29) is 12.0 Å². The molecule has 1 saturated carbocycles. The van der Waals surface area contributed by atoms with E-state index in [1.54, 1.807) is 0 Å². The number of phosphoric acid groups is 3. The number of ether oxygens (including phenoxy) is 1. The Labute approximate surface area is 138 Å². The fourth-order valence-corrected chi connectivity index (χ4v) is 5.56. The molecule has 142 valence electrons. The van der Waals surface area contributed by atoms with Crippen LogP contribution in [0.5, 0.6) is 0 Å². The van der Waals surface area contributed by atoms with Crippen molar-refractivity contribution in [3.63, 3.8) is 0 Å². The molecule has 0 N–H and O–H groups in total. The summed E-state index contributed by atoms with van der Waals surface area (Å²) in [4.78, 5) is 42.9. The Kier molecular flexibility index (Phi) is 6.50. The molecule has 2 fully saturated rings. The molecule has 0 amide bonds. The molecule has 0 aromatic heterocycles. The van der Waals surface area contributed by atoms with E-state index in [9.17, 15) is 33.3 Å². The van der Waals surface area contributed by atoms with E-state index in [1.807, 2.05) is 6.92 Å². The third kappa shape index (κ3) is 6.27.